The van der Waals surface area contributed by atoms with Crippen LogP contribution in [0.15, 0.2) is 30.4 Å². The van der Waals surface area contributed by atoms with Gasteiger partial charge in [0.25, 0.3) is 0 Å². The summed E-state index contributed by atoms with van der Waals surface area (Å²) in [5.41, 5.74) is 0.516. The van der Waals surface area contributed by atoms with Gasteiger partial charge in [-0.05, 0) is 43.4 Å². The molecule has 0 amide bonds. The van der Waals surface area contributed by atoms with Crippen molar-refractivity contribution in [2.24, 2.45) is 5.92 Å². The van der Waals surface area contributed by atoms with Gasteiger partial charge in [-0.1, -0.05) is 18.2 Å². The minimum absolute atomic E-state index is 0. The number of carbonyl (C=O) groups is 2. The maximum atomic E-state index is 12.8. The molecule has 1 saturated carbocycles. The van der Waals surface area contributed by atoms with Gasteiger partial charge in [0.2, 0.25) is 0 Å². The molecule has 1 aromatic rings. The fourth-order valence-electron chi connectivity index (χ4n) is 3.58. The van der Waals surface area contributed by atoms with E-state index in [1.54, 1.807) is 24.3 Å². The third-order valence-corrected chi connectivity index (χ3v) is 5.00. The van der Waals surface area contributed by atoms with Gasteiger partial charge in [-0.15, -0.1) is 0 Å². The Hall–Kier alpha value is -2.64. The molecule has 3 rings (SSSR count). The quantitative estimate of drug-likeness (QED) is 0.708. The number of allylic oxidation sites excluding steroid dienone is 1. The Morgan fingerprint density at radius 1 is 1.18 bits per heavy atom. The van der Waals surface area contributed by atoms with E-state index >= 15 is 0 Å². The molecule has 1 aromatic carbocycles. The average Bonchev–Trinajstić information content (AvgIpc) is 3.05. The molecule has 7 heteroatoms. The maximum absolute atomic E-state index is 12.8. The second-order valence-corrected chi connectivity index (χ2v) is 6.97. The molecule has 0 radical (unpaired) electrons. The van der Waals surface area contributed by atoms with Crippen LogP contribution in [-0.4, -0.2) is 46.8 Å². The Morgan fingerprint density at radius 2 is 1.96 bits per heavy atom. The summed E-state index contributed by atoms with van der Waals surface area (Å²) in [6.45, 7) is 0. The van der Waals surface area contributed by atoms with Crippen molar-refractivity contribution in [1.82, 2.24) is 0 Å². The van der Waals surface area contributed by atoms with E-state index in [1.165, 1.54) is 19.3 Å². The number of hydrogen-bond acceptors (Lipinski definition) is 6. The van der Waals surface area contributed by atoms with Crippen LogP contribution < -0.4 is 4.74 Å². The van der Waals surface area contributed by atoms with Gasteiger partial charge in [0.15, 0.2) is 5.78 Å². The molecule has 1 heterocycles. The standard InChI is InChI=1S/C21H24O6.H2O/c1-26-17-10-14-5-2-6-15(22)11-16(23)9-8-13-4-3-7-19(13)27-21(25)20(14)18(24)12-17;/h2,5,8-10,12-13,15,19,22,24H,3-4,6-7,11H2,1H3;1H2/b5-2+,9-8-;/t13-,15-,19?;/m1./s1. The molecular formula is C21H26O7. The highest BCUT2D eigenvalue weighted by molar-refractivity contribution is 5.97. The van der Waals surface area contributed by atoms with Crippen LogP contribution in [0.2, 0.25) is 0 Å². The monoisotopic (exact) mass is 390 g/mol. The lowest BCUT2D eigenvalue weighted by molar-refractivity contribution is -0.116. The first-order chi connectivity index (χ1) is 13.0. The highest BCUT2D eigenvalue weighted by Crippen LogP contribution is 2.34. The first kappa shape index (κ1) is 21.7. The Morgan fingerprint density at radius 3 is 2.71 bits per heavy atom. The summed E-state index contributed by atoms with van der Waals surface area (Å²) in [6, 6.07) is 3.00. The fraction of sp³-hybridized carbons (Fsp3) is 0.429. The molecule has 1 aliphatic carbocycles. The number of phenolic OH excluding ortho intramolecular Hbond substituents is 1. The lowest BCUT2D eigenvalue weighted by Crippen LogP contribution is -2.22. The van der Waals surface area contributed by atoms with Gasteiger partial charge in [0.1, 0.15) is 23.2 Å². The van der Waals surface area contributed by atoms with Gasteiger partial charge in [-0.25, -0.2) is 4.79 Å². The fourth-order valence-corrected chi connectivity index (χ4v) is 3.58. The number of benzene rings is 1. The molecule has 1 aliphatic heterocycles. The number of carbonyl (C=O) groups excluding carboxylic acids is 2. The summed E-state index contributed by atoms with van der Waals surface area (Å²) >= 11 is 0. The van der Waals surface area contributed by atoms with Crippen LogP contribution in [0.5, 0.6) is 11.5 Å². The summed E-state index contributed by atoms with van der Waals surface area (Å²) in [6.07, 6.45) is 8.10. The number of fused-ring (bicyclic) bond motifs is 2. The van der Waals surface area contributed by atoms with E-state index in [0.717, 1.165) is 12.8 Å². The van der Waals surface area contributed by atoms with Crippen LogP contribution in [0.4, 0.5) is 0 Å². The summed E-state index contributed by atoms with van der Waals surface area (Å²) in [5, 5.41) is 20.4. The molecule has 28 heavy (non-hydrogen) atoms. The summed E-state index contributed by atoms with van der Waals surface area (Å²) in [4.78, 5) is 24.8. The van der Waals surface area contributed by atoms with Crippen LogP contribution in [0.3, 0.4) is 0 Å². The van der Waals surface area contributed by atoms with E-state index < -0.39 is 12.1 Å². The zero-order valence-electron chi connectivity index (χ0n) is 15.8. The van der Waals surface area contributed by atoms with E-state index in [0.29, 0.717) is 17.7 Å². The Kier molecular flexibility index (Phi) is 7.37. The van der Waals surface area contributed by atoms with Crippen LogP contribution >= 0.6 is 0 Å². The van der Waals surface area contributed by atoms with Crippen molar-refractivity contribution in [3.63, 3.8) is 0 Å². The number of aliphatic hydroxyl groups excluding tert-OH is 1. The largest absolute Gasteiger partial charge is 0.507 e. The van der Waals surface area contributed by atoms with E-state index in [-0.39, 0.29) is 47.4 Å². The highest BCUT2D eigenvalue weighted by atomic mass is 16.5. The normalized spacial score (nSPS) is 27.4. The van der Waals surface area contributed by atoms with Crippen LogP contribution in [0, 0.1) is 5.92 Å². The van der Waals surface area contributed by atoms with Crippen LogP contribution in [-0.2, 0) is 9.53 Å². The van der Waals surface area contributed by atoms with Crippen molar-refractivity contribution in [2.75, 3.05) is 7.11 Å². The van der Waals surface area contributed by atoms with E-state index in [2.05, 4.69) is 0 Å². The molecule has 7 nitrogen and oxygen atoms in total. The van der Waals surface area contributed by atoms with E-state index in [1.807, 2.05) is 0 Å². The molecule has 152 valence electrons. The minimum atomic E-state index is -0.810. The third-order valence-electron chi connectivity index (χ3n) is 5.00. The van der Waals surface area contributed by atoms with Crippen LogP contribution in [0.25, 0.3) is 6.08 Å². The van der Waals surface area contributed by atoms with Gasteiger partial charge in [-0.2, -0.15) is 0 Å². The number of ether oxygens (including phenoxy) is 2. The van der Waals surface area contributed by atoms with Crippen molar-refractivity contribution in [2.45, 2.75) is 44.3 Å². The van der Waals surface area contributed by atoms with Crippen molar-refractivity contribution in [3.8, 4) is 11.5 Å². The lowest BCUT2D eigenvalue weighted by Gasteiger charge is -2.19. The van der Waals surface area contributed by atoms with E-state index in [9.17, 15) is 19.8 Å². The number of esters is 1. The molecule has 3 atom stereocenters. The molecule has 1 unspecified atom stereocenters. The molecule has 0 bridgehead atoms. The minimum Gasteiger partial charge on any atom is -0.507 e. The number of aliphatic hydroxyl groups is 1. The number of hydrogen-bond donors (Lipinski definition) is 2. The SMILES string of the molecule is COc1cc(O)c2c(c1)/C=C/C[C@@H](O)CC(=O)/C=C\[C@H]1CCCC1OC2=O.O. The number of phenols is 1. The highest BCUT2D eigenvalue weighted by Gasteiger charge is 2.31. The average molecular weight is 390 g/mol. The Balaban J connectivity index is 0.00000280. The van der Waals surface area contributed by atoms with Crippen molar-refractivity contribution < 1.29 is 34.8 Å². The topological polar surface area (TPSA) is 125 Å². The Labute approximate surface area is 163 Å². The number of aromatic hydroxyl groups is 1. The van der Waals surface area contributed by atoms with Crippen molar-refractivity contribution in [1.29, 1.82) is 0 Å². The molecule has 4 N–H and O–H groups in total. The van der Waals surface area contributed by atoms with Gasteiger partial charge in [0, 0.05) is 18.4 Å². The van der Waals surface area contributed by atoms with Gasteiger partial charge in [0.05, 0.1) is 13.2 Å². The maximum Gasteiger partial charge on any atom is 0.342 e. The first-order valence-electron chi connectivity index (χ1n) is 9.15. The number of rotatable bonds is 1. The van der Waals surface area contributed by atoms with Crippen LogP contribution in [0.1, 0.15) is 48.0 Å². The molecule has 0 saturated heterocycles. The van der Waals surface area contributed by atoms with Gasteiger partial charge < -0.3 is 25.2 Å². The molecule has 2 aliphatic rings. The smallest absolute Gasteiger partial charge is 0.342 e. The van der Waals surface area contributed by atoms with Crippen molar-refractivity contribution >= 4 is 17.8 Å². The van der Waals surface area contributed by atoms with E-state index in [4.69, 9.17) is 9.47 Å². The first-order valence-corrected chi connectivity index (χ1v) is 9.15. The van der Waals surface area contributed by atoms with Crippen molar-refractivity contribution in [3.05, 3.63) is 41.5 Å². The Bertz CT molecular complexity index is 781. The molecular weight excluding hydrogens is 364 g/mol. The summed E-state index contributed by atoms with van der Waals surface area (Å²) < 4.78 is 10.8. The predicted molar refractivity (Wildman–Crippen MR) is 103 cm³/mol. The third kappa shape index (κ3) is 4.99. The lowest BCUT2D eigenvalue weighted by atomic mass is 10.0. The summed E-state index contributed by atoms with van der Waals surface area (Å²) in [7, 11) is 1.47. The summed E-state index contributed by atoms with van der Waals surface area (Å²) in [5.74, 6) is -0.611. The number of methoxy groups -OCH3 is 1. The second kappa shape index (κ2) is 9.52. The zero-order valence-corrected chi connectivity index (χ0v) is 15.8. The van der Waals surface area contributed by atoms with Gasteiger partial charge >= 0.3 is 5.97 Å². The van der Waals surface area contributed by atoms with Gasteiger partial charge in [-0.3, -0.25) is 4.79 Å². The molecule has 0 spiro atoms. The zero-order chi connectivity index (χ0) is 19.4. The molecule has 1 fully saturated rings. The second-order valence-electron chi connectivity index (χ2n) is 6.97. The molecule has 0 aromatic heterocycles. The predicted octanol–water partition coefficient (Wildman–Crippen LogP) is 2.19. The number of ketones is 1.